The average Bonchev–Trinajstić information content (AvgIpc) is 2.84. The number of morpholine rings is 1. The summed E-state index contributed by atoms with van der Waals surface area (Å²) in [6, 6.07) is -0.250. The molecule has 7 nitrogen and oxygen atoms in total. The average molecular weight is 286 g/mol. The summed E-state index contributed by atoms with van der Waals surface area (Å²) < 4.78 is 5.09. The number of likely N-dealkylation sites (N-methyl/N-ethyl adjacent to an activating group) is 1. The highest BCUT2D eigenvalue weighted by atomic mass is 16.5. The Balaban J connectivity index is 1.91. The molecule has 0 bridgehead atoms. The lowest BCUT2D eigenvalue weighted by atomic mass is 10.0. The molecule has 1 atom stereocenters. The Morgan fingerprint density at radius 3 is 2.65 bits per heavy atom. The van der Waals surface area contributed by atoms with E-state index >= 15 is 0 Å². The minimum Gasteiger partial charge on any atom is -0.479 e. The van der Waals surface area contributed by atoms with Crippen molar-refractivity contribution in [3.8, 4) is 0 Å². The predicted octanol–water partition coefficient (Wildman–Crippen LogP) is 0.129. The van der Waals surface area contributed by atoms with Gasteiger partial charge in [-0.2, -0.15) is 0 Å². The van der Waals surface area contributed by atoms with Crippen molar-refractivity contribution in [2.45, 2.75) is 37.4 Å². The van der Waals surface area contributed by atoms with Gasteiger partial charge in [0.2, 0.25) is 0 Å². The summed E-state index contributed by atoms with van der Waals surface area (Å²) in [7, 11) is 1.64. The zero-order valence-electron chi connectivity index (χ0n) is 11.7. The van der Waals surface area contributed by atoms with E-state index < -0.39 is 17.7 Å². The van der Waals surface area contributed by atoms with Crippen molar-refractivity contribution in [2.75, 3.05) is 33.3 Å². The van der Waals surface area contributed by atoms with Crippen LogP contribution in [0.5, 0.6) is 0 Å². The minimum atomic E-state index is -1.06. The Bertz CT molecular complexity index is 381. The molecule has 114 valence electrons. The lowest BCUT2D eigenvalue weighted by molar-refractivity contribution is -0.154. The number of hydrogen-bond donors (Lipinski definition) is 2. The molecule has 0 aromatic rings. The van der Waals surface area contributed by atoms with Gasteiger partial charge < -0.3 is 24.7 Å². The number of carbonyl (C=O) groups excluding carboxylic acids is 1. The van der Waals surface area contributed by atoms with Crippen LogP contribution in [0.2, 0.25) is 0 Å². The first-order chi connectivity index (χ1) is 9.41. The summed E-state index contributed by atoms with van der Waals surface area (Å²) in [6.07, 6.45) is 2.43. The lowest BCUT2D eigenvalue weighted by Crippen LogP contribution is -2.54. The highest BCUT2D eigenvalue weighted by Gasteiger charge is 2.36. The fourth-order valence-electron chi connectivity index (χ4n) is 2.91. The molecular weight excluding hydrogens is 264 g/mol. The molecule has 1 aliphatic heterocycles. The zero-order chi connectivity index (χ0) is 14.8. The van der Waals surface area contributed by atoms with Crippen molar-refractivity contribution in [1.29, 1.82) is 0 Å². The normalized spacial score (nSPS) is 25.5. The third kappa shape index (κ3) is 3.40. The number of hydrogen-bond acceptors (Lipinski definition) is 4. The molecule has 0 spiro atoms. The Morgan fingerprint density at radius 1 is 1.40 bits per heavy atom. The van der Waals surface area contributed by atoms with Gasteiger partial charge in [0.05, 0.1) is 25.3 Å². The van der Waals surface area contributed by atoms with E-state index in [9.17, 15) is 14.7 Å². The van der Waals surface area contributed by atoms with E-state index in [4.69, 9.17) is 9.84 Å². The number of nitrogens with zero attached hydrogens (tertiary/aromatic N) is 2. The van der Waals surface area contributed by atoms with Crippen LogP contribution in [-0.4, -0.2) is 77.0 Å². The van der Waals surface area contributed by atoms with Gasteiger partial charge in [-0.15, -0.1) is 0 Å². The lowest BCUT2D eigenvalue weighted by Gasteiger charge is -2.36. The van der Waals surface area contributed by atoms with Crippen molar-refractivity contribution in [3.05, 3.63) is 0 Å². The molecule has 0 aromatic carbocycles. The second kappa shape index (κ2) is 5.97. The maximum Gasteiger partial charge on any atom is 0.334 e. The smallest absolute Gasteiger partial charge is 0.334 e. The summed E-state index contributed by atoms with van der Waals surface area (Å²) in [5, 5.41) is 19.2. The minimum absolute atomic E-state index is 0.0525. The summed E-state index contributed by atoms with van der Waals surface area (Å²) in [5.41, 5.74) is -0.789. The van der Waals surface area contributed by atoms with Crippen molar-refractivity contribution in [1.82, 2.24) is 9.80 Å². The zero-order valence-corrected chi connectivity index (χ0v) is 11.7. The van der Waals surface area contributed by atoms with Crippen LogP contribution < -0.4 is 0 Å². The van der Waals surface area contributed by atoms with Crippen LogP contribution in [-0.2, 0) is 9.53 Å². The molecule has 1 heterocycles. The number of rotatable bonds is 3. The molecule has 1 saturated heterocycles. The van der Waals surface area contributed by atoms with E-state index in [2.05, 4.69) is 0 Å². The molecule has 1 aliphatic carbocycles. The van der Waals surface area contributed by atoms with Crippen molar-refractivity contribution in [2.24, 2.45) is 0 Å². The van der Waals surface area contributed by atoms with E-state index in [0.717, 1.165) is 12.8 Å². The quantitative estimate of drug-likeness (QED) is 0.769. The van der Waals surface area contributed by atoms with E-state index in [1.165, 1.54) is 9.80 Å². The highest BCUT2D eigenvalue weighted by molar-refractivity contribution is 5.77. The molecular formula is C13H22N2O5. The van der Waals surface area contributed by atoms with Crippen LogP contribution in [0.15, 0.2) is 0 Å². The first kappa shape index (κ1) is 15.1. The van der Waals surface area contributed by atoms with Gasteiger partial charge in [0, 0.05) is 13.6 Å². The van der Waals surface area contributed by atoms with Crippen molar-refractivity contribution < 1.29 is 24.5 Å². The summed E-state index contributed by atoms with van der Waals surface area (Å²) in [5.74, 6) is -1.06. The molecule has 0 radical (unpaired) electrons. The molecule has 2 rings (SSSR count). The first-order valence-corrected chi connectivity index (χ1v) is 6.98. The monoisotopic (exact) mass is 286 g/mol. The molecule has 2 amide bonds. The molecule has 0 aromatic heterocycles. The van der Waals surface area contributed by atoms with Gasteiger partial charge in [-0.3, -0.25) is 0 Å². The number of carbonyl (C=O) groups is 2. The number of urea groups is 1. The number of aliphatic hydroxyl groups is 1. The van der Waals surface area contributed by atoms with Crippen LogP contribution in [0.25, 0.3) is 0 Å². The number of carboxylic acid groups (broad SMARTS) is 1. The molecule has 2 N–H and O–H groups in total. The van der Waals surface area contributed by atoms with Gasteiger partial charge in [0.15, 0.2) is 6.10 Å². The Labute approximate surface area is 118 Å². The highest BCUT2D eigenvalue weighted by Crippen LogP contribution is 2.30. The maximum absolute atomic E-state index is 12.3. The fraction of sp³-hybridized carbons (Fsp3) is 0.846. The number of ether oxygens (including phenoxy) is 1. The van der Waals surface area contributed by atoms with E-state index in [1.54, 1.807) is 7.05 Å². The van der Waals surface area contributed by atoms with Crippen LogP contribution >= 0.6 is 0 Å². The molecule has 20 heavy (non-hydrogen) atoms. The molecule has 1 saturated carbocycles. The molecule has 2 fully saturated rings. The Kier molecular flexibility index (Phi) is 4.49. The molecule has 2 aliphatic rings. The van der Waals surface area contributed by atoms with E-state index in [1.807, 2.05) is 0 Å². The van der Waals surface area contributed by atoms with Crippen LogP contribution in [0.3, 0.4) is 0 Å². The van der Waals surface area contributed by atoms with Gasteiger partial charge in [-0.1, -0.05) is 12.8 Å². The van der Waals surface area contributed by atoms with Crippen LogP contribution in [0, 0.1) is 0 Å². The van der Waals surface area contributed by atoms with Crippen LogP contribution in [0.4, 0.5) is 4.79 Å². The Hall–Kier alpha value is -1.34. The predicted molar refractivity (Wildman–Crippen MR) is 70.4 cm³/mol. The SMILES string of the molecule is CN(CC1(O)CCCC1)C(=O)N1CCOC(C(=O)O)C1. The molecule has 1 unspecified atom stereocenters. The number of carboxylic acids is 1. The second-order valence-electron chi connectivity index (χ2n) is 5.71. The first-order valence-electron chi connectivity index (χ1n) is 6.98. The molecule has 7 heteroatoms. The summed E-state index contributed by atoms with van der Waals surface area (Å²) in [6.45, 7) is 0.948. The maximum atomic E-state index is 12.3. The largest absolute Gasteiger partial charge is 0.479 e. The van der Waals surface area contributed by atoms with Crippen molar-refractivity contribution in [3.63, 3.8) is 0 Å². The van der Waals surface area contributed by atoms with Crippen molar-refractivity contribution >= 4 is 12.0 Å². The topological polar surface area (TPSA) is 90.3 Å². The summed E-state index contributed by atoms with van der Waals surface area (Å²) >= 11 is 0. The third-order valence-corrected chi connectivity index (χ3v) is 4.00. The van der Waals surface area contributed by atoms with Gasteiger partial charge in [-0.25, -0.2) is 9.59 Å². The van der Waals surface area contributed by atoms with Gasteiger partial charge in [0.1, 0.15) is 0 Å². The Morgan fingerprint density at radius 2 is 2.05 bits per heavy atom. The number of amides is 2. The second-order valence-corrected chi connectivity index (χ2v) is 5.71. The summed E-state index contributed by atoms with van der Waals surface area (Å²) in [4.78, 5) is 26.1. The van der Waals surface area contributed by atoms with Crippen LogP contribution in [0.1, 0.15) is 25.7 Å². The third-order valence-electron chi connectivity index (χ3n) is 4.00. The standard InChI is InChI=1S/C13H22N2O5/c1-14(9-13(19)4-2-3-5-13)12(18)15-6-7-20-10(8-15)11(16)17/h10,19H,2-9H2,1H3,(H,16,17). The van der Waals surface area contributed by atoms with Gasteiger partial charge >= 0.3 is 12.0 Å². The van der Waals surface area contributed by atoms with Gasteiger partial charge in [0.25, 0.3) is 0 Å². The fourth-order valence-corrected chi connectivity index (χ4v) is 2.91. The van der Waals surface area contributed by atoms with E-state index in [0.29, 0.717) is 25.9 Å². The number of aliphatic carboxylic acids is 1. The van der Waals surface area contributed by atoms with E-state index in [-0.39, 0.29) is 19.2 Å². The van der Waals surface area contributed by atoms with Gasteiger partial charge in [-0.05, 0) is 12.8 Å².